The Bertz CT molecular complexity index is 1210. The van der Waals surface area contributed by atoms with E-state index >= 15 is 0 Å². The van der Waals surface area contributed by atoms with Crippen LogP contribution in [0.5, 0.6) is 0 Å². The van der Waals surface area contributed by atoms with Crippen molar-refractivity contribution in [2.45, 2.75) is 25.9 Å². The van der Waals surface area contributed by atoms with E-state index in [0.717, 1.165) is 0 Å². The summed E-state index contributed by atoms with van der Waals surface area (Å²) in [5, 5.41) is 16.6. The third-order valence-electron chi connectivity index (χ3n) is 5.94. The first-order valence-corrected chi connectivity index (χ1v) is 10.6. The van der Waals surface area contributed by atoms with Gasteiger partial charge in [0.25, 0.3) is 11.6 Å². The molecule has 0 fully saturated rings. The van der Waals surface area contributed by atoms with Crippen LogP contribution in [0, 0.1) is 15.9 Å². The van der Waals surface area contributed by atoms with Gasteiger partial charge in [-0.15, -0.1) is 0 Å². The maximum absolute atomic E-state index is 13.5. The fraction of sp³-hybridized carbons (Fsp3) is 0.261. The summed E-state index contributed by atoms with van der Waals surface area (Å²) >= 11 is 0. The van der Waals surface area contributed by atoms with Crippen molar-refractivity contribution in [3.05, 3.63) is 81.3 Å². The number of rotatable bonds is 6. The van der Waals surface area contributed by atoms with Gasteiger partial charge in [-0.05, 0) is 43.7 Å². The van der Waals surface area contributed by atoms with Crippen LogP contribution in [0.25, 0.3) is 0 Å². The van der Waals surface area contributed by atoms with E-state index in [9.17, 15) is 28.9 Å². The quantitative estimate of drug-likeness (QED) is 0.499. The first kappa shape index (κ1) is 22.9. The number of nitrogens with zero attached hydrogens (tertiary/aromatic N) is 3. The van der Waals surface area contributed by atoms with Crippen LogP contribution in [0.1, 0.15) is 25.5 Å². The number of urea groups is 1. The molecule has 0 aliphatic carbocycles. The average molecular weight is 467 g/mol. The van der Waals surface area contributed by atoms with E-state index in [4.69, 9.17) is 0 Å². The van der Waals surface area contributed by atoms with Crippen molar-refractivity contribution in [2.24, 2.45) is 0 Å². The molecule has 4 rings (SSSR count). The summed E-state index contributed by atoms with van der Waals surface area (Å²) < 4.78 is 13.2. The zero-order chi connectivity index (χ0) is 24.6. The second-order valence-corrected chi connectivity index (χ2v) is 7.94. The van der Waals surface area contributed by atoms with Gasteiger partial charge in [0.05, 0.1) is 28.8 Å². The average Bonchev–Trinajstić information content (AvgIpc) is 3.16. The molecule has 2 atom stereocenters. The maximum Gasteiger partial charge on any atom is 0.322 e. The lowest BCUT2D eigenvalue weighted by Gasteiger charge is -2.32. The van der Waals surface area contributed by atoms with Crippen molar-refractivity contribution in [3.8, 4) is 0 Å². The topological polar surface area (TPSA) is 125 Å². The number of carbonyl (C=O) groups is 3. The molecule has 0 saturated heterocycles. The molecule has 176 valence electrons. The van der Waals surface area contributed by atoms with E-state index < -0.39 is 40.7 Å². The van der Waals surface area contributed by atoms with Crippen molar-refractivity contribution < 1.29 is 23.7 Å². The molecule has 10 nitrogen and oxygen atoms in total. The van der Waals surface area contributed by atoms with E-state index in [1.165, 1.54) is 52.3 Å². The summed E-state index contributed by atoms with van der Waals surface area (Å²) in [6, 6.07) is 8.75. The second-order valence-electron chi connectivity index (χ2n) is 7.94. The molecule has 2 aromatic carbocycles. The highest BCUT2D eigenvalue weighted by Crippen LogP contribution is 2.37. The largest absolute Gasteiger partial charge is 0.326 e. The Hall–Kier alpha value is -4.28. The van der Waals surface area contributed by atoms with Crippen molar-refractivity contribution in [1.29, 1.82) is 0 Å². The van der Waals surface area contributed by atoms with Gasteiger partial charge in [0.15, 0.2) is 0 Å². The first-order valence-electron chi connectivity index (χ1n) is 10.6. The van der Waals surface area contributed by atoms with Crippen LogP contribution in [-0.4, -0.2) is 51.7 Å². The van der Waals surface area contributed by atoms with Gasteiger partial charge < -0.3 is 15.5 Å². The predicted octanol–water partition coefficient (Wildman–Crippen LogP) is 2.94. The van der Waals surface area contributed by atoms with Gasteiger partial charge >= 0.3 is 6.03 Å². The maximum atomic E-state index is 13.5. The number of likely N-dealkylation sites (N-methyl/N-ethyl adjacent to an activating group) is 1. The Morgan fingerprint density at radius 1 is 1.26 bits per heavy atom. The molecule has 2 aliphatic rings. The Labute approximate surface area is 194 Å². The van der Waals surface area contributed by atoms with Crippen molar-refractivity contribution in [1.82, 2.24) is 15.1 Å². The summed E-state index contributed by atoms with van der Waals surface area (Å²) in [5.41, 5.74) is 1.33. The number of nitro groups is 1. The molecule has 0 spiro atoms. The zero-order valence-electron chi connectivity index (χ0n) is 18.4. The highest BCUT2D eigenvalue weighted by Gasteiger charge is 2.46. The molecular formula is C23H22FN5O5. The Kier molecular flexibility index (Phi) is 6.01. The van der Waals surface area contributed by atoms with Gasteiger partial charge in [-0.25, -0.2) is 9.18 Å². The summed E-state index contributed by atoms with van der Waals surface area (Å²) in [4.78, 5) is 52.5. The van der Waals surface area contributed by atoms with Crippen LogP contribution >= 0.6 is 0 Å². The van der Waals surface area contributed by atoms with Crippen molar-refractivity contribution in [2.75, 3.05) is 18.4 Å². The van der Waals surface area contributed by atoms with Crippen LogP contribution < -0.4 is 10.6 Å². The molecule has 0 saturated carbocycles. The molecule has 2 aromatic rings. The van der Waals surface area contributed by atoms with E-state index in [1.807, 2.05) is 0 Å². The number of hydrogen-bond acceptors (Lipinski definition) is 5. The minimum absolute atomic E-state index is 0.0266. The number of nitrogens with one attached hydrogen (secondary N) is 2. The molecule has 0 unspecified atom stereocenters. The Morgan fingerprint density at radius 2 is 1.97 bits per heavy atom. The summed E-state index contributed by atoms with van der Waals surface area (Å²) in [7, 11) is 0. The standard InChI is InChI=1S/C23H22FN5O5/c1-3-27-18-12-28(13(2)21(30)25-16-9-7-15(24)8-10-16)22(31)19(18)20(26-23(27)32)14-5-4-6-17(11-14)29(33)34/h4-11,13,20H,3,12H2,1-2H3,(H,25,30)(H,26,32)/t13-,20+/m0/s1. The molecule has 11 heteroatoms. The van der Waals surface area contributed by atoms with Crippen molar-refractivity contribution >= 4 is 29.2 Å². The van der Waals surface area contributed by atoms with Gasteiger partial charge in [-0.2, -0.15) is 0 Å². The normalized spacial score (nSPS) is 18.5. The fourth-order valence-electron chi connectivity index (χ4n) is 4.15. The van der Waals surface area contributed by atoms with Gasteiger partial charge in [-0.1, -0.05) is 12.1 Å². The number of amides is 4. The number of hydrogen-bond donors (Lipinski definition) is 2. The van der Waals surface area contributed by atoms with E-state index in [0.29, 0.717) is 23.5 Å². The zero-order valence-corrected chi connectivity index (χ0v) is 18.4. The molecule has 4 amide bonds. The lowest BCUT2D eigenvalue weighted by molar-refractivity contribution is -0.384. The van der Waals surface area contributed by atoms with Crippen LogP contribution in [0.2, 0.25) is 0 Å². The van der Waals surface area contributed by atoms with Crippen LogP contribution in [0.4, 0.5) is 20.6 Å². The molecule has 0 aromatic heterocycles. The minimum Gasteiger partial charge on any atom is -0.326 e. The second kappa shape index (κ2) is 8.93. The van der Waals surface area contributed by atoms with Crippen LogP contribution in [0.3, 0.4) is 0 Å². The number of benzene rings is 2. The monoisotopic (exact) mass is 467 g/mol. The molecule has 34 heavy (non-hydrogen) atoms. The first-order chi connectivity index (χ1) is 16.2. The number of anilines is 1. The Morgan fingerprint density at radius 3 is 2.62 bits per heavy atom. The van der Waals surface area contributed by atoms with E-state index in [2.05, 4.69) is 10.6 Å². The highest BCUT2D eigenvalue weighted by atomic mass is 19.1. The van der Waals surface area contributed by atoms with Crippen molar-refractivity contribution in [3.63, 3.8) is 0 Å². The van der Waals surface area contributed by atoms with Crippen LogP contribution in [-0.2, 0) is 9.59 Å². The highest BCUT2D eigenvalue weighted by molar-refractivity contribution is 6.05. The number of non-ortho nitro benzene ring substituents is 1. The van der Waals surface area contributed by atoms with E-state index in [-0.39, 0.29) is 17.8 Å². The fourth-order valence-corrected chi connectivity index (χ4v) is 4.15. The van der Waals surface area contributed by atoms with E-state index in [1.54, 1.807) is 19.9 Å². The van der Waals surface area contributed by atoms with Gasteiger partial charge in [0, 0.05) is 24.4 Å². The number of carbonyl (C=O) groups excluding carboxylic acids is 3. The third kappa shape index (κ3) is 4.07. The smallest absolute Gasteiger partial charge is 0.322 e. The summed E-state index contributed by atoms with van der Waals surface area (Å²) in [6.07, 6.45) is 0. The van der Waals surface area contributed by atoms with Gasteiger partial charge in [-0.3, -0.25) is 24.6 Å². The number of halogens is 1. The lowest BCUT2D eigenvalue weighted by atomic mass is 9.95. The van der Waals surface area contributed by atoms with Crippen LogP contribution in [0.15, 0.2) is 59.8 Å². The van der Waals surface area contributed by atoms with Gasteiger partial charge in [0.2, 0.25) is 5.91 Å². The summed E-state index contributed by atoms with van der Waals surface area (Å²) in [6.45, 7) is 3.64. The summed E-state index contributed by atoms with van der Waals surface area (Å²) in [5.74, 6) is -1.37. The lowest BCUT2D eigenvalue weighted by Crippen LogP contribution is -2.47. The Balaban J connectivity index is 1.63. The molecule has 2 heterocycles. The minimum atomic E-state index is -0.900. The SMILES string of the molecule is CCN1C(=O)N[C@H](c2cccc([N+](=O)[O-])c2)C2=C1CN([C@@H](C)C(=O)Nc1ccc(F)cc1)C2=O. The third-order valence-corrected chi connectivity index (χ3v) is 5.94. The van der Waals surface area contributed by atoms with Gasteiger partial charge in [0.1, 0.15) is 11.9 Å². The predicted molar refractivity (Wildman–Crippen MR) is 120 cm³/mol. The molecule has 0 radical (unpaired) electrons. The number of nitro benzene ring substituents is 1. The molecule has 2 aliphatic heterocycles. The molecule has 2 N–H and O–H groups in total. The molecule has 0 bridgehead atoms. The molecular weight excluding hydrogens is 445 g/mol.